The number of rotatable bonds is 1. The molecule has 112 valence electrons. The molecule has 22 heavy (non-hydrogen) atoms. The van der Waals surface area contributed by atoms with Gasteiger partial charge in [0.1, 0.15) is 0 Å². The molecule has 5 heteroatoms. The Hall–Kier alpha value is -2.07. The quantitative estimate of drug-likeness (QED) is 0.822. The molecule has 1 N–H and O–H groups in total. The highest BCUT2D eigenvalue weighted by Crippen LogP contribution is 2.48. The molecule has 3 atom stereocenters. The second-order valence-electron chi connectivity index (χ2n) is 6.02. The molecule has 1 aliphatic carbocycles. The number of carbonyl (C=O) groups excluding carboxylic acids is 2. The maximum atomic E-state index is 12.3. The van der Waals surface area contributed by atoms with Crippen LogP contribution in [0.5, 0.6) is 0 Å². The van der Waals surface area contributed by atoms with Crippen LogP contribution in [0.15, 0.2) is 36.5 Å². The Balaban J connectivity index is 1.90. The van der Waals surface area contributed by atoms with E-state index < -0.39 is 5.92 Å². The van der Waals surface area contributed by atoms with Gasteiger partial charge >= 0.3 is 0 Å². The van der Waals surface area contributed by atoms with Crippen molar-refractivity contribution in [3.63, 3.8) is 0 Å². The number of aryl methyl sites for hydroxylation is 1. The molecule has 1 saturated heterocycles. The Labute approximate surface area is 133 Å². The average molecular weight is 315 g/mol. The largest absolute Gasteiger partial charge is 0.354 e. The van der Waals surface area contributed by atoms with Crippen molar-refractivity contribution in [2.45, 2.75) is 18.3 Å². The molecule has 1 fully saturated rings. The van der Waals surface area contributed by atoms with E-state index in [1.54, 1.807) is 0 Å². The third-order valence-corrected chi connectivity index (χ3v) is 5.26. The number of fused-ring (bicyclic) bond motifs is 3. The minimum absolute atomic E-state index is 0.0775. The first-order valence-electron chi connectivity index (χ1n) is 7.31. The van der Waals surface area contributed by atoms with E-state index in [0.29, 0.717) is 11.4 Å². The van der Waals surface area contributed by atoms with Crippen LogP contribution in [0.1, 0.15) is 28.7 Å². The van der Waals surface area contributed by atoms with Crippen LogP contribution in [0.4, 0.5) is 0 Å². The van der Waals surface area contributed by atoms with Gasteiger partial charge in [0.15, 0.2) is 0 Å². The number of aromatic nitrogens is 1. The third-order valence-electron chi connectivity index (χ3n) is 4.91. The summed E-state index contributed by atoms with van der Waals surface area (Å²) in [4.78, 5) is 24.6. The summed E-state index contributed by atoms with van der Waals surface area (Å²) in [5.41, 5.74) is 3.02. The monoisotopic (exact) mass is 314 g/mol. The molecule has 0 bridgehead atoms. The van der Waals surface area contributed by atoms with Crippen molar-refractivity contribution in [3.8, 4) is 0 Å². The van der Waals surface area contributed by atoms with E-state index in [1.807, 2.05) is 48.1 Å². The van der Waals surface area contributed by atoms with Crippen molar-refractivity contribution >= 4 is 23.4 Å². The summed E-state index contributed by atoms with van der Waals surface area (Å²) in [6.45, 7) is 0. The number of benzene rings is 1. The Bertz CT molecular complexity index is 796. The molecule has 3 unspecified atom stereocenters. The Morgan fingerprint density at radius 3 is 2.68 bits per heavy atom. The fraction of sp³-hybridized carbons (Fsp3) is 0.294. The zero-order chi connectivity index (χ0) is 15.4. The van der Waals surface area contributed by atoms with E-state index in [2.05, 4.69) is 5.32 Å². The van der Waals surface area contributed by atoms with Crippen LogP contribution < -0.4 is 5.32 Å². The summed E-state index contributed by atoms with van der Waals surface area (Å²) in [7, 11) is 1.97. The second kappa shape index (κ2) is 4.71. The van der Waals surface area contributed by atoms with E-state index in [1.165, 1.54) is 0 Å². The molecule has 2 aromatic rings. The SMILES string of the molecule is Cn1ccc2c1CC(c1ccccc1Cl)C1C(=O)NC(=O)C21. The van der Waals surface area contributed by atoms with Crippen molar-refractivity contribution in [1.29, 1.82) is 0 Å². The van der Waals surface area contributed by atoms with Crippen LogP contribution in [-0.4, -0.2) is 16.4 Å². The normalized spacial score (nSPS) is 26.5. The van der Waals surface area contributed by atoms with E-state index >= 15 is 0 Å². The van der Waals surface area contributed by atoms with Crippen molar-refractivity contribution in [1.82, 2.24) is 9.88 Å². The van der Waals surface area contributed by atoms with Crippen LogP contribution in [0.3, 0.4) is 0 Å². The lowest BCUT2D eigenvalue weighted by Gasteiger charge is -2.32. The van der Waals surface area contributed by atoms with Gasteiger partial charge in [-0.2, -0.15) is 0 Å². The molecule has 0 saturated carbocycles. The summed E-state index contributed by atoms with van der Waals surface area (Å²) in [5, 5.41) is 3.15. The van der Waals surface area contributed by atoms with Crippen LogP contribution >= 0.6 is 11.6 Å². The fourth-order valence-electron chi connectivity index (χ4n) is 3.89. The van der Waals surface area contributed by atoms with Gasteiger partial charge in [-0.1, -0.05) is 29.8 Å². The molecule has 2 heterocycles. The maximum absolute atomic E-state index is 12.3. The molecule has 4 nitrogen and oxygen atoms in total. The van der Waals surface area contributed by atoms with E-state index in [0.717, 1.165) is 16.8 Å². The number of halogens is 1. The molecule has 2 aliphatic rings. The number of carbonyl (C=O) groups is 2. The fourth-order valence-corrected chi connectivity index (χ4v) is 4.16. The van der Waals surface area contributed by atoms with Gasteiger partial charge in [-0.05, 0) is 29.7 Å². The number of imide groups is 1. The molecular formula is C17H15ClN2O2. The standard InChI is InChI=1S/C17H15ClN2O2/c1-20-7-6-10-13(20)8-11(9-4-2-3-5-12(9)18)15-14(10)16(21)19-17(15)22/h2-7,11,14-15H,8H2,1H3,(H,19,21,22). The van der Waals surface area contributed by atoms with Crippen molar-refractivity contribution in [2.75, 3.05) is 0 Å². The van der Waals surface area contributed by atoms with Crippen LogP contribution in [0.2, 0.25) is 5.02 Å². The first-order chi connectivity index (χ1) is 10.6. The van der Waals surface area contributed by atoms with Crippen LogP contribution in [0.25, 0.3) is 0 Å². The van der Waals surface area contributed by atoms with Crippen molar-refractivity contribution in [2.24, 2.45) is 13.0 Å². The van der Waals surface area contributed by atoms with Crippen molar-refractivity contribution in [3.05, 3.63) is 58.4 Å². The van der Waals surface area contributed by atoms with Crippen LogP contribution in [0, 0.1) is 5.92 Å². The summed E-state index contributed by atoms with van der Waals surface area (Å²) < 4.78 is 2.03. The molecule has 2 amide bonds. The highest BCUT2D eigenvalue weighted by Gasteiger charge is 2.51. The average Bonchev–Trinajstić information content (AvgIpc) is 3.00. The maximum Gasteiger partial charge on any atom is 0.235 e. The van der Waals surface area contributed by atoms with Gasteiger partial charge in [0, 0.05) is 29.9 Å². The molecule has 4 rings (SSSR count). The molecule has 1 aromatic carbocycles. The second-order valence-corrected chi connectivity index (χ2v) is 6.42. The highest BCUT2D eigenvalue weighted by atomic mass is 35.5. The number of hydrogen-bond acceptors (Lipinski definition) is 2. The Morgan fingerprint density at radius 1 is 1.14 bits per heavy atom. The summed E-state index contributed by atoms with van der Waals surface area (Å²) in [6.07, 6.45) is 2.66. The first kappa shape index (κ1) is 13.6. The van der Waals surface area contributed by atoms with E-state index in [9.17, 15) is 9.59 Å². The smallest absolute Gasteiger partial charge is 0.235 e. The molecule has 1 aliphatic heterocycles. The molecule has 1 aromatic heterocycles. The van der Waals surface area contributed by atoms with E-state index in [4.69, 9.17) is 11.6 Å². The lowest BCUT2D eigenvalue weighted by molar-refractivity contribution is -0.126. The first-order valence-corrected chi connectivity index (χ1v) is 7.69. The predicted molar refractivity (Wildman–Crippen MR) is 82.7 cm³/mol. The Morgan fingerprint density at radius 2 is 1.91 bits per heavy atom. The minimum Gasteiger partial charge on any atom is -0.354 e. The summed E-state index contributed by atoms with van der Waals surface area (Å²) in [5.74, 6) is -1.24. The minimum atomic E-state index is -0.404. The van der Waals surface area contributed by atoms with Crippen molar-refractivity contribution < 1.29 is 9.59 Å². The van der Waals surface area contributed by atoms with Gasteiger partial charge in [-0.15, -0.1) is 0 Å². The van der Waals surface area contributed by atoms with Gasteiger partial charge in [0.25, 0.3) is 0 Å². The van der Waals surface area contributed by atoms with Gasteiger partial charge in [-0.25, -0.2) is 0 Å². The lowest BCUT2D eigenvalue weighted by atomic mass is 9.69. The number of nitrogens with one attached hydrogen (secondary N) is 1. The predicted octanol–water partition coefficient (Wildman–Crippen LogP) is 2.37. The highest BCUT2D eigenvalue weighted by molar-refractivity contribution is 6.31. The number of nitrogens with zero attached hydrogens (tertiary/aromatic N) is 1. The third kappa shape index (κ3) is 1.77. The Kier molecular flexibility index (Phi) is 2.91. The van der Waals surface area contributed by atoms with Gasteiger partial charge in [0.05, 0.1) is 11.8 Å². The molecular weight excluding hydrogens is 300 g/mol. The number of amides is 2. The summed E-state index contributed by atoms with van der Waals surface area (Å²) in [6, 6.07) is 9.54. The lowest BCUT2D eigenvalue weighted by Crippen LogP contribution is -2.31. The van der Waals surface area contributed by atoms with Gasteiger partial charge in [0.2, 0.25) is 11.8 Å². The van der Waals surface area contributed by atoms with Gasteiger partial charge < -0.3 is 4.57 Å². The topological polar surface area (TPSA) is 51.1 Å². The van der Waals surface area contributed by atoms with Crippen LogP contribution in [-0.2, 0) is 23.1 Å². The van der Waals surface area contributed by atoms with Gasteiger partial charge in [-0.3, -0.25) is 14.9 Å². The molecule has 0 spiro atoms. The zero-order valence-electron chi connectivity index (χ0n) is 12.0. The number of hydrogen-bond donors (Lipinski definition) is 1. The molecule has 0 radical (unpaired) electrons. The summed E-state index contributed by atoms with van der Waals surface area (Å²) >= 11 is 6.35. The zero-order valence-corrected chi connectivity index (χ0v) is 12.8. The van der Waals surface area contributed by atoms with E-state index in [-0.39, 0.29) is 23.7 Å².